The normalized spacial score (nSPS) is 16.3. The topological polar surface area (TPSA) is 57.5 Å². The number of rotatable bonds is 5. The molecule has 0 bridgehead atoms. The second kappa shape index (κ2) is 9.59. The highest BCUT2D eigenvalue weighted by molar-refractivity contribution is 6.08. The van der Waals surface area contributed by atoms with E-state index in [0.29, 0.717) is 6.42 Å². The zero-order valence-corrected chi connectivity index (χ0v) is 22.2. The summed E-state index contributed by atoms with van der Waals surface area (Å²) in [5, 5.41) is 2.48. The molecule has 0 amide bonds. The summed E-state index contributed by atoms with van der Waals surface area (Å²) in [6, 6.07) is 29.4. The average Bonchev–Trinajstić information content (AvgIpc) is 3.29. The maximum absolute atomic E-state index is 12.8. The Labute approximate surface area is 227 Å². The highest BCUT2D eigenvalue weighted by Gasteiger charge is 2.37. The predicted molar refractivity (Wildman–Crippen MR) is 154 cm³/mol. The van der Waals surface area contributed by atoms with Crippen LogP contribution >= 0.6 is 0 Å². The lowest BCUT2D eigenvalue weighted by atomic mass is 9.67. The fourth-order valence-corrected chi connectivity index (χ4v) is 6.09. The van der Waals surface area contributed by atoms with Crippen molar-refractivity contribution < 1.29 is 19.1 Å². The number of allylic oxidation sites excluding steroid dienone is 1. The molecule has 194 valence electrons. The summed E-state index contributed by atoms with van der Waals surface area (Å²) < 4.78 is 12.8. The maximum atomic E-state index is 12.8. The number of esters is 2. The summed E-state index contributed by atoms with van der Waals surface area (Å²) in [6.45, 7) is 4.37. The van der Waals surface area contributed by atoms with Crippen LogP contribution in [0.15, 0.2) is 91.0 Å². The lowest BCUT2D eigenvalue weighted by Crippen LogP contribution is -2.31. The molecule has 0 aliphatic heterocycles. The highest BCUT2D eigenvalue weighted by atomic mass is 16.5. The predicted octanol–water partition coefficient (Wildman–Crippen LogP) is 7.08. The van der Waals surface area contributed by atoms with Crippen LogP contribution in [0.5, 0.6) is 5.75 Å². The molecule has 5 heteroatoms. The Kier molecular flexibility index (Phi) is 6.07. The first-order chi connectivity index (χ1) is 19.0. The first kappa shape index (κ1) is 24.7. The molecule has 6 rings (SSSR count). The van der Waals surface area contributed by atoms with Crippen LogP contribution in [0.2, 0.25) is 0 Å². The standard InChI is InChI=1S/C34H29NO4/c1-4-35-29-13-9-8-12-27(29)28-16-15-25(20-30(28)35)34(24-10-6-5-7-11-24)19-18-26-23(21-34)14-17-31(39-22(2)36)32(26)33(37)38-3/h5-20H,4,21H2,1-3H3. The summed E-state index contributed by atoms with van der Waals surface area (Å²) >= 11 is 0. The van der Waals surface area contributed by atoms with E-state index in [2.05, 4.69) is 84.3 Å². The van der Waals surface area contributed by atoms with Gasteiger partial charge in [-0.1, -0.05) is 78.9 Å². The Hall–Kier alpha value is -4.64. The van der Waals surface area contributed by atoms with Crippen LogP contribution < -0.4 is 4.74 Å². The molecule has 1 aliphatic carbocycles. The molecule has 0 saturated heterocycles. The number of aryl methyl sites for hydroxylation is 1. The summed E-state index contributed by atoms with van der Waals surface area (Å²) in [5.41, 5.74) is 6.26. The first-order valence-electron chi connectivity index (χ1n) is 13.2. The van der Waals surface area contributed by atoms with Gasteiger partial charge in [-0.15, -0.1) is 0 Å². The van der Waals surface area contributed by atoms with Gasteiger partial charge in [0.2, 0.25) is 0 Å². The molecule has 5 aromatic rings. The Balaban J connectivity index is 1.58. The lowest BCUT2D eigenvalue weighted by molar-refractivity contribution is -0.131. The molecular formula is C34H29NO4. The number of benzene rings is 4. The molecule has 0 spiro atoms. The number of para-hydroxylation sites is 1. The molecule has 0 fully saturated rings. The molecule has 0 saturated carbocycles. The molecule has 0 N–H and O–H groups in total. The van der Waals surface area contributed by atoms with Gasteiger partial charge in [-0.3, -0.25) is 4.79 Å². The minimum atomic E-state index is -0.533. The molecule has 1 aliphatic rings. The molecule has 1 atom stereocenters. The molecule has 39 heavy (non-hydrogen) atoms. The van der Waals surface area contributed by atoms with Crippen molar-refractivity contribution >= 4 is 39.8 Å². The Bertz CT molecular complexity index is 1780. The number of carbonyl (C=O) groups is 2. The third-order valence-electron chi connectivity index (χ3n) is 7.84. The van der Waals surface area contributed by atoms with Gasteiger partial charge in [0.15, 0.2) is 0 Å². The minimum Gasteiger partial charge on any atom is -0.465 e. The Morgan fingerprint density at radius 3 is 2.36 bits per heavy atom. The van der Waals surface area contributed by atoms with Gasteiger partial charge in [-0.2, -0.15) is 0 Å². The van der Waals surface area contributed by atoms with Crippen molar-refractivity contribution in [2.45, 2.75) is 32.2 Å². The van der Waals surface area contributed by atoms with Crippen LogP contribution in [0, 0.1) is 0 Å². The van der Waals surface area contributed by atoms with Crippen molar-refractivity contribution in [2.75, 3.05) is 7.11 Å². The van der Waals surface area contributed by atoms with E-state index in [1.807, 2.05) is 18.2 Å². The fourth-order valence-electron chi connectivity index (χ4n) is 6.09. The summed E-state index contributed by atoms with van der Waals surface area (Å²) in [4.78, 5) is 24.6. The number of aromatic nitrogens is 1. The van der Waals surface area contributed by atoms with Crippen LogP contribution in [0.3, 0.4) is 0 Å². The smallest absolute Gasteiger partial charge is 0.342 e. The number of hydrogen-bond acceptors (Lipinski definition) is 4. The Morgan fingerprint density at radius 1 is 0.872 bits per heavy atom. The van der Waals surface area contributed by atoms with Crippen LogP contribution in [0.4, 0.5) is 0 Å². The number of ether oxygens (including phenoxy) is 2. The van der Waals surface area contributed by atoms with E-state index in [1.165, 1.54) is 41.4 Å². The fraction of sp³-hybridized carbons (Fsp3) is 0.176. The summed E-state index contributed by atoms with van der Waals surface area (Å²) in [6.07, 6.45) is 4.78. The monoisotopic (exact) mass is 515 g/mol. The Morgan fingerprint density at radius 2 is 1.62 bits per heavy atom. The van der Waals surface area contributed by atoms with Crippen molar-refractivity contribution in [1.82, 2.24) is 4.57 Å². The van der Waals surface area contributed by atoms with E-state index in [1.54, 1.807) is 6.07 Å². The minimum absolute atomic E-state index is 0.207. The van der Waals surface area contributed by atoms with Crippen molar-refractivity contribution in [2.24, 2.45) is 0 Å². The summed E-state index contributed by atoms with van der Waals surface area (Å²) in [7, 11) is 1.34. The zero-order valence-electron chi connectivity index (χ0n) is 22.2. The zero-order chi connectivity index (χ0) is 27.1. The van der Waals surface area contributed by atoms with Gasteiger partial charge in [-0.05, 0) is 53.8 Å². The van der Waals surface area contributed by atoms with E-state index in [0.717, 1.165) is 23.2 Å². The van der Waals surface area contributed by atoms with Crippen molar-refractivity contribution in [3.8, 4) is 5.75 Å². The lowest BCUT2D eigenvalue weighted by Gasteiger charge is -2.36. The molecule has 1 heterocycles. The highest BCUT2D eigenvalue weighted by Crippen LogP contribution is 2.45. The molecule has 1 unspecified atom stereocenters. The number of nitrogens with zero attached hydrogens (tertiary/aromatic N) is 1. The van der Waals surface area contributed by atoms with Gasteiger partial charge < -0.3 is 14.0 Å². The third kappa shape index (κ3) is 3.93. The van der Waals surface area contributed by atoms with Gasteiger partial charge in [0, 0.05) is 40.7 Å². The molecular weight excluding hydrogens is 486 g/mol. The average molecular weight is 516 g/mol. The van der Waals surface area contributed by atoms with Crippen molar-refractivity contribution in [3.05, 3.63) is 119 Å². The largest absolute Gasteiger partial charge is 0.465 e. The molecule has 4 aromatic carbocycles. The van der Waals surface area contributed by atoms with Crippen LogP contribution in [0.25, 0.3) is 27.9 Å². The SMILES string of the molecule is CCn1c2ccccc2c2ccc(C3(c4ccccc4)C=Cc4c(ccc(OC(C)=O)c4C(=O)OC)C3)cc21. The first-order valence-corrected chi connectivity index (χ1v) is 13.2. The second-order valence-electron chi connectivity index (χ2n) is 9.94. The number of carbonyl (C=O) groups excluding carboxylic acids is 2. The van der Waals surface area contributed by atoms with Crippen LogP contribution in [-0.2, 0) is 27.9 Å². The third-order valence-corrected chi connectivity index (χ3v) is 7.84. The van der Waals surface area contributed by atoms with Gasteiger partial charge >= 0.3 is 11.9 Å². The van der Waals surface area contributed by atoms with Crippen LogP contribution in [0.1, 0.15) is 46.5 Å². The number of hydrogen-bond donors (Lipinski definition) is 0. The van der Waals surface area contributed by atoms with Gasteiger partial charge in [-0.25, -0.2) is 4.79 Å². The molecule has 5 nitrogen and oxygen atoms in total. The number of fused-ring (bicyclic) bond motifs is 4. The molecule has 1 aromatic heterocycles. The van der Waals surface area contributed by atoms with Crippen molar-refractivity contribution in [1.29, 1.82) is 0 Å². The van der Waals surface area contributed by atoms with Gasteiger partial charge in [0.25, 0.3) is 0 Å². The quantitative estimate of drug-likeness (QED) is 0.185. The van der Waals surface area contributed by atoms with E-state index < -0.39 is 17.4 Å². The summed E-state index contributed by atoms with van der Waals surface area (Å²) in [5.74, 6) is -0.814. The number of methoxy groups -OCH3 is 1. The van der Waals surface area contributed by atoms with E-state index in [4.69, 9.17) is 9.47 Å². The maximum Gasteiger partial charge on any atom is 0.342 e. The second-order valence-corrected chi connectivity index (χ2v) is 9.94. The van der Waals surface area contributed by atoms with Gasteiger partial charge in [0.05, 0.1) is 7.11 Å². The van der Waals surface area contributed by atoms with Crippen LogP contribution in [-0.4, -0.2) is 23.6 Å². The van der Waals surface area contributed by atoms with Gasteiger partial charge in [0.1, 0.15) is 11.3 Å². The van der Waals surface area contributed by atoms with E-state index >= 15 is 0 Å². The molecule has 0 radical (unpaired) electrons. The van der Waals surface area contributed by atoms with Crippen molar-refractivity contribution in [3.63, 3.8) is 0 Å². The van der Waals surface area contributed by atoms with E-state index in [9.17, 15) is 9.59 Å². The van der Waals surface area contributed by atoms with E-state index in [-0.39, 0.29) is 11.3 Å².